The summed E-state index contributed by atoms with van der Waals surface area (Å²) in [6.45, 7) is 9.40. The third-order valence-corrected chi connectivity index (χ3v) is 6.46. The second kappa shape index (κ2) is 13.5. The number of halogens is 3. The minimum absolute atomic E-state index is 0.265. The molecule has 3 aromatic rings. The molecule has 40 heavy (non-hydrogen) atoms. The number of anilines is 1. The summed E-state index contributed by atoms with van der Waals surface area (Å²) in [7, 11) is 0. The molecule has 206 valence electrons. The van der Waals surface area contributed by atoms with Gasteiger partial charge < -0.3 is 15.7 Å². The molecule has 4 rings (SSSR count). The number of aryl methyl sites for hydroxylation is 1. The van der Waals surface area contributed by atoms with Gasteiger partial charge in [0.15, 0.2) is 0 Å². The third-order valence-electron chi connectivity index (χ3n) is 6.15. The lowest BCUT2D eigenvalue weighted by molar-refractivity contribution is -0.135. The number of nitrogens with zero attached hydrogens (tertiary/aromatic N) is 2. The maximum Gasteiger partial charge on any atom is 0.322 e. The molecule has 3 N–H and O–H groups in total. The average molecular weight is 565 g/mol. The van der Waals surface area contributed by atoms with Crippen LogP contribution in [0.2, 0.25) is 5.02 Å². The van der Waals surface area contributed by atoms with Crippen LogP contribution in [0.5, 0.6) is 0 Å². The molecule has 0 aliphatic heterocycles. The van der Waals surface area contributed by atoms with Gasteiger partial charge in [-0.05, 0) is 62.2 Å². The molecule has 1 saturated carbocycles. The molecule has 0 spiro atoms. The van der Waals surface area contributed by atoms with Crippen LogP contribution in [0.25, 0.3) is 17.2 Å². The number of carbonyl (C=O) groups is 2. The van der Waals surface area contributed by atoms with E-state index in [0.29, 0.717) is 23.0 Å². The number of hydrogen-bond acceptors (Lipinski definition) is 5. The summed E-state index contributed by atoms with van der Waals surface area (Å²) in [5.41, 5.74) is 4.51. The fraction of sp³-hybridized carbons (Fsp3) is 0.200. The number of nitriles is 1. The summed E-state index contributed by atoms with van der Waals surface area (Å²) < 4.78 is 27.5. The number of aliphatic carboxylic acids is 1. The van der Waals surface area contributed by atoms with Gasteiger partial charge in [0.25, 0.3) is 5.91 Å². The molecule has 0 bridgehead atoms. The van der Waals surface area contributed by atoms with Crippen LogP contribution in [-0.2, 0) is 4.79 Å². The highest BCUT2D eigenvalue weighted by atomic mass is 35.5. The zero-order valence-corrected chi connectivity index (χ0v) is 22.5. The Hall–Kier alpha value is -4.55. The number of rotatable bonds is 9. The van der Waals surface area contributed by atoms with Crippen molar-refractivity contribution in [2.75, 3.05) is 18.4 Å². The van der Waals surface area contributed by atoms with E-state index in [0.717, 1.165) is 52.9 Å². The summed E-state index contributed by atoms with van der Waals surface area (Å²) in [5.74, 6) is -3.88. The Kier molecular flexibility index (Phi) is 10.1. The standard InChI is InChI=1S/C17H13ClN2.C13H14F2N2O3/c1-4-13-11(2)5-7-15(17(13)20-3)14-8-6-12(10-19)9-16(14)18;14-9-3-8(16-5-7-1-2-7)4-10(15)12(9)13(20)17-6-11(18)19/h4-9H,1,3H2,2H3;3-4,7,16H,1-2,5-6H2,(H,17,20)(H,18,19). The fourth-order valence-corrected chi connectivity index (χ4v) is 4.16. The first-order valence-corrected chi connectivity index (χ1v) is 12.6. The van der Waals surface area contributed by atoms with Gasteiger partial charge in [0.05, 0.1) is 17.3 Å². The molecule has 0 radical (unpaired) electrons. The van der Waals surface area contributed by atoms with E-state index in [1.54, 1.807) is 18.2 Å². The highest BCUT2D eigenvalue weighted by Crippen LogP contribution is 2.39. The molecule has 0 atom stereocenters. The van der Waals surface area contributed by atoms with E-state index in [2.05, 4.69) is 29.7 Å². The number of aliphatic imine (C=N–C) groups is 1. The zero-order chi connectivity index (χ0) is 29.4. The highest BCUT2D eigenvalue weighted by Gasteiger charge is 2.22. The van der Waals surface area contributed by atoms with Crippen LogP contribution >= 0.6 is 11.6 Å². The van der Waals surface area contributed by atoms with Gasteiger partial charge in [-0.2, -0.15) is 5.26 Å². The van der Waals surface area contributed by atoms with Crippen molar-refractivity contribution in [2.45, 2.75) is 19.8 Å². The number of benzene rings is 3. The quantitative estimate of drug-likeness (QED) is 0.248. The van der Waals surface area contributed by atoms with E-state index >= 15 is 0 Å². The summed E-state index contributed by atoms with van der Waals surface area (Å²) in [4.78, 5) is 25.9. The first-order chi connectivity index (χ1) is 19.1. The SMILES string of the molecule is C=Cc1c(C)ccc(-c2ccc(C#N)cc2Cl)c1N=C.O=C(O)CNC(=O)c1c(F)cc(NCC2CC2)cc1F. The van der Waals surface area contributed by atoms with Crippen LogP contribution in [0.15, 0.2) is 54.0 Å². The van der Waals surface area contributed by atoms with E-state index in [-0.39, 0.29) is 5.69 Å². The van der Waals surface area contributed by atoms with Gasteiger partial charge in [0, 0.05) is 33.9 Å². The molecule has 0 aromatic heterocycles. The molecule has 0 unspecified atom stereocenters. The first-order valence-electron chi connectivity index (χ1n) is 12.2. The van der Waals surface area contributed by atoms with Gasteiger partial charge in [-0.3, -0.25) is 14.6 Å². The molecule has 0 heterocycles. The van der Waals surface area contributed by atoms with E-state index < -0.39 is 35.6 Å². The number of carbonyl (C=O) groups excluding carboxylic acids is 1. The largest absolute Gasteiger partial charge is 0.480 e. The molecule has 1 fully saturated rings. The molecule has 1 aliphatic carbocycles. The van der Waals surface area contributed by atoms with Crippen LogP contribution in [0.3, 0.4) is 0 Å². The van der Waals surface area contributed by atoms with Crippen LogP contribution < -0.4 is 10.6 Å². The predicted octanol–water partition coefficient (Wildman–Crippen LogP) is 6.76. The molecular formula is C30H27ClF2N4O3. The van der Waals surface area contributed by atoms with Gasteiger partial charge in [-0.1, -0.05) is 42.5 Å². The number of hydrogen-bond donors (Lipinski definition) is 3. The minimum atomic E-state index is -1.29. The Bertz CT molecular complexity index is 1490. The van der Waals surface area contributed by atoms with Crippen LogP contribution in [0.1, 0.15) is 39.9 Å². The van der Waals surface area contributed by atoms with Crippen molar-refractivity contribution in [3.8, 4) is 17.2 Å². The lowest BCUT2D eigenvalue weighted by Gasteiger charge is -2.12. The topological polar surface area (TPSA) is 115 Å². The summed E-state index contributed by atoms with van der Waals surface area (Å²) in [5, 5.41) is 22.6. The Morgan fingerprint density at radius 2 is 1.82 bits per heavy atom. The molecule has 10 heteroatoms. The average Bonchev–Trinajstić information content (AvgIpc) is 3.75. The molecule has 1 amide bonds. The maximum atomic E-state index is 13.7. The van der Waals surface area contributed by atoms with Crippen LogP contribution in [0, 0.1) is 35.8 Å². The summed E-state index contributed by atoms with van der Waals surface area (Å²) in [6, 6.07) is 13.3. The van der Waals surface area contributed by atoms with E-state index in [1.807, 2.05) is 30.4 Å². The van der Waals surface area contributed by atoms with Gasteiger partial charge in [-0.25, -0.2) is 8.78 Å². The number of nitrogens with one attached hydrogen (secondary N) is 2. The van der Waals surface area contributed by atoms with Crippen molar-refractivity contribution in [3.63, 3.8) is 0 Å². The predicted molar refractivity (Wildman–Crippen MR) is 153 cm³/mol. The smallest absolute Gasteiger partial charge is 0.322 e. The van der Waals surface area contributed by atoms with Crippen molar-refractivity contribution < 1.29 is 23.5 Å². The van der Waals surface area contributed by atoms with Crippen LogP contribution in [-0.4, -0.2) is 36.8 Å². The van der Waals surface area contributed by atoms with E-state index in [9.17, 15) is 18.4 Å². The summed E-state index contributed by atoms with van der Waals surface area (Å²) in [6.07, 6.45) is 3.97. The Morgan fingerprint density at radius 3 is 2.35 bits per heavy atom. The maximum absolute atomic E-state index is 13.7. The van der Waals surface area contributed by atoms with Gasteiger partial charge in [0.1, 0.15) is 23.7 Å². The highest BCUT2D eigenvalue weighted by molar-refractivity contribution is 6.33. The monoisotopic (exact) mass is 564 g/mol. The number of carboxylic acid groups (broad SMARTS) is 1. The van der Waals surface area contributed by atoms with Crippen molar-refractivity contribution >= 4 is 47.6 Å². The lowest BCUT2D eigenvalue weighted by Crippen LogP contribution is -2.30. The molecular weight excluding hydrogens is 538 g/mol. The fourth-order valence-electron chi connectivity index (χ4n) is 3.88. The number of carboxylic acids is 1. The third kappa shape index (κ3) is 7.52. The number of amides is 1. The van der Waals surface area contributed by atoms with Gasteiger partial charge in [-0.15, -0.1) is 0 Å². The van der Waals surface area contributed by atoms with Crippen molar-refractivity contribution in [3.05, 3.63) is 88.0 Å². The van der Waals surface area contributed by atoms with Crippen molar-refractivity contribution in [2.24, 2.45) is 10.9 Å². The van der Waals surface area contributed by atoms with E-state index in [1.165, 1.54) is 0 Å². The van der Waals surface area contributed by atoms with E-state index in [4.69, 9.17) is 22.0 Å². The second-order valence-electron chi connectivity index (χ2n) is 9.08. The normalized spacial score (nSPS) is 11.9. The van der Waals surface area contributed by atoms with Crippen molar-refractivity contribution in [1.29, 1.82) is 5.26 Å². The lowest BCUT2D eigenvalue weighted by atomic mass is 9.96. The Labute approximate surface area is 235 Å². The van der Waals surface area contributed by atoms with Gasteiger partial charge in [0.2, 0.25) is 0 Å². The summed E-state index contributed by atoms with van der Waals surface area (Å²) >= 11 is 6.27. The Balaban J connectivity index is 0.000000220. The van der Waals surface area contributed by atoms with Crippen LogP contribution in [0.4, 0.5) is 20.2 Å². The second-order valence-corrected chi connectivity index (χ2v) is 9.48. The first kappa shape index (κ1) is 30.0. The Morgan fingerprint density at radius 1 is 1.18 bits per heavy atom. The molecule has 0 saturated heterocycles. The molecule has 3 aromatic carbocycles. The minimum Gasteiger partial charge on any atom is -0.480 e. The van der Waals surface area contributed by atoms with Crippen molar-refractivity contribution in [1.82, 2.24) is 5.32 Å². The van der Waals surface area contributed by atoms with Gasteiger partial charge >= 0.3 is 5.97 Å². The molecule has 1 aliphatic rings. The zero-order valence-electron chi connectivity index (χ0n) is 21.7. The molecule has 7 nitrogen and oxygen atoms in total.